The summed E-state index contributed by atoms with van der Waals surface area (Å²) in [5.74, 6) is -2.54. The van der Waals surface area contributed by atoms with Crippen LogP contribution >= 0.6 is 0 Å². The molecule has 0 atom stereocenters. The molecular weight excluding hydrogens is 123 g/mol. The average molecular weight is 132 g/mol. The third kappa shape index (κ3) is 3.70. The summed E-state index contributed by atoms with van der Waals surface area (Å²) in [6.07, 6.45) is 2.32. The molecule has 0 aliphatic rings. The van der Waals surface area contributed by atoms with Crippen LogP contribution < -0.4 is 0 Å². The number of unbranched alkanes of at least 4 members (excludes halogenated alkanes) is 1. The van der Waals surface area contributed by atoms with Gasteiger partial charge in [-0.2, -0.15) is 4.39 Å². The van der Waals surface area contributed by atoms with Gasteiger partial charge in [0.1, 0.15) is 0 Å². The van der Waals surface area contributed by atoms with E-state index < -0.39 is 11.8 Å². The Morgan fingerprint density at radius 2 is 2.33 bits per heavy atom. The van der Waals surface area contributed by atoms with Crippen LogP contribution in [0.15, 0.2) is 11.9 Å². The molecule has 0 saturated carbocycles. The van der Waals surface area contributed by atoms with E-state index in [0.29, 0.717) is 6.42 Å². The van der Waals surface area contributed by atoms with E-state index in [4.69, 9.17) is 5.11 Å². The topological polar surface area (TPSA) is 37.3 Å². The molecule has 0 aliphatic carbocycles. The third-order valence-electron chi connectivity index (χ3n) is 0.817. The number of halogens is 1. The summed E-state index contributed by atoms with van der Waals surface area (Å²) < 4.78 is 12.0. The van der Waals surface area contributed by atoms with E-state index in [1.165, 1.54) is 0 Å². The summed E-state index contributed by atoms with van der Waals surface area (Å²) in [4.78, 5) is 9.76. The second-order valence-electron chi connectivity index (χ2n) is 1.65. The van der Waals surface area contributed by atoms with E-state index in [0.717, 1.165) is 12.5 Å². The Balaban J connectivity index is 3.69. The standard InChI is InChI=1S/C6H9FO2/c1-2-3-4-5(7)6(8)9/h4H,2-3H2,1H3,(H,8,9). The molecule has 0 rings (SSSR count). The Labute approximate surface area is 53.0 Å². The van der Waals surface area contributed by atoms with Crippen molar-refractivity contribution in [3.05, 3.63) is 11.9 Å². The number of carbonyl (C=O) groups is 1. The third-order valence-corrected chi connectivity index (χ3v) is 0.817. The first-order valence-electron chi connectivity index (χ1n) is 2.77. The fourth-order valence-electron chi connectivity index (χ4n) is 0.358. The van der Waals surface area contributed by atoms with E-state index in [-0.39, 0.29) is 0 Å². The van der Waals surface area contributed by atoms with Gasteiger partial charge >= 0.3 is 5.97 Å². The lowest BCUT2D eigenvalue weighted by molar-refractivity contribution is -0.134. The Morgan fingerprint density at radius 1 is 1.78 bits per heavy atom. The largest absolute Gasteiger partial charge is 0.476 e. The molecule has 0 fully saturated rings. The summed E-state index contributed by atoms with van der Waals surface area (Å²) in [7, 11) is 0. The van der Waals surface area contributed by atoms with Crippen molar-refractivity contribution in [1.82, 2.24) is 0 Å². The van der Waals surface area contributed by atoms with Gasteiger partial charge in [0, 0.05) is 0 Å². The zero-order chi connectivity index (χ0) is 7.28. The fraction of sp³-hybridized carbons (Fsp3) is 0.500. The molecular formula is C6H9FO2. The molecule has 1 N–H and O–H groups in total. The van der Waals surface area contributed by atoms with E-state index in [1.807, 2.05) is 6.92 Å². The lowest BCUT2D eigenvalue weighted by atomic mass is 10.3. The number of hydrogen-bond acceptors (Lipinski definition) is 1. The van der Waals surface area contributed by atoms with Crippen LogP contribution in [0, 0.1) is 0 Å². The van der Waals surface area contributed by atoms with Crippen LogP contribution in [0.5, 0.6) is 0 Å². The average Bonchev–Trinajstić information content (AvgIpc) is 1.82. The molecule has 3 heteroatoms. The molecule has 0 aromatic rings. The molecule has 0 aromatic carbocycles. The van der Waals surface area contributed by atoms with E-state index in [2.05, 4.69) is 0 Å². The van der Waals surface area contributed by atoms with Crippen LogP contribution in [0.1, 0.15) is 19.8 Å². The number of rotatable bonds is 3. The summed E-state index contributed by atoms with van der Waals surface area (Å²) in [5.41, 5.74) is 0. The number of carboxylic acid groups (broad SMARTS) is 1. The molecule has 0 radical (unpaired) electrons. The highest BCUT2D eigenvalue weighted by Crippen LogP contribution is 1.99. The quantitative estimate of drug-likeness (QED) is 0.593. The minimum absolute atomic E-state index is 0.484. The normalized spacial score (nSPS) is 11.6. The van der Waals surface area contributed by atoms with Crippen molar-refractivity contribution in [3.8, 4) is 0 Å². The van der Waals surface area contributed by atoms with Crippen molar-refractivity contribution >= 4 is 5.97 Å². The Bertz CT molecular complexity index is 129. The van der Waals surface area contributed by atoms with Crippen molar-refractivity contribution in [2.24, 2.45) is 0 Å². The van der Waals surface area contributed by atoms with Crippen LogP contribution in [0.3, 0.4) is 0 Å². The van der Waals surface area contributed by atoms with Crippen molar-refractivity contribution in [1.29, 1.82) is 0 Å². The molecule has 9 heavy (non-hydrogen) atoms. The van der Waals surface area contributed by atoms with Gasteiger partial charge in [0.2, 0.25) is 5.83 Å². The number of hydrogen-bond donors (Lipinski definition) is 1. The molecule has 0 unspecified atom stereocenters. The first-order valence-corrected chi connectivity index (χ1v) is 2.77. The van der Waals surface area contributed by atoms with Gasteiger partial charge in [0.15, 0.2) is 0 Å². The van der Waals surface area contributed by atoms with Gasteiger partial charge in [-0.15, -0.1) is 0 Å². The van der Waals surface area contributed by atoms with Crippen LogP contribution in [0.4, 0.5) is 4.39 Å². The van der Waals surface area contributed by atoms with Crippen molar-refractivity contribution in [2.75, 3.05) is 0 Å². The molecule has 0 bridgehead atoms. The summed E-state index contributed by atoms with van der Waals surface area (Å²) in [6, 6.07) is 0. The molecule has 52 valence electrons. The summed E-state index contributed by atoms with van der Waals surface area (Å²) in [6.45, 7) is 1.85. The highest BCUT2D eigenvalue weighted by atomic mass is 19.1. The molecule has 0 aromatic heterocycles. The number of aliphatic carboxylic acids is 1. The van der Waals surface area contributed by atoms with Crippen LogP contribution in [0.25, 0.3) is 0 Å². The first-order chi connectivity index (χ1) is 4.18. The van der Waals surface area contributed by atoms with E-state index in [1.54, 1.807) is 0 Å². The monoisotopic (exact) mass is 132 g/mol. The van der Waals surface area contributed by atoms with Gasteiger partial charge in [0.25, 0.3) is 0 Å². The Kier molecular flexibility index (Phi) is 3.67. The van der Waals surface area contributed by atoms with Gasteiger partial charge in [-0.3, -0.25) is 0 Å². The second kappa shape index (κ2) is 4.06. The maximum atomic E-state index is 12.0. The molecule has 2 nitrogen and oxygen atoms in total. The molecule has 0 amide bonds. The zero-order valence-electron chi connectivity index (χ0n) is 5.22. The van der Waals surface area contributed by atoms with Crippen LogP contribution in [-0.2, 0) is 4.79 Å². The van der Waals surface area contributed by atoms with Crippen molar-refractivity contribution < 1.29 is 14.3 Å². The first kappa shape index (κ1) is 8.14. The minimum Gasteiger partial charge on any atom is -0.476 e. The molecule has 0 aliphatic heterocycles. The molecule has 0 spiro atoms. The van der Waals surface area contributed by atoms with Crippen molar-refractivity contribution in [3.63, 3.8) is 0 Å². The maximum Gasteiger partial charge on any atom is 0.364 e. The summed E-state index contributed by atoms with van der Waals surface area (Å²) >= 11 is 0. The lowest BCUT2D eigenvalue weighted by Gasteiger charge is -1.85. The maximum absolute atomic E-state index is 12.0. The number of carboxylic acids is 1. The van der Waals surface area contributed by atoms with Crippen LogP contribution in [-0.4, -0.2) is 11.1 Å². The highest BCUT2D eigenvalue weighted by Gasteiger charge is 2.01. The predicted molar refractivity (Wildman–Crippen MR) is 31.7 cm³/mol. The van der Waals surface area contributed by atoms with Crippen LogP contribution in [0.2, 0.25) is 0 Å². The minimum atomic E-state index is -1.48. The van der Waals surface area contributed by atoms with Gasteiger partial charge < -0.3 is 5.11 Å². The molecule has 0 saturated heterocycles. The SMILES string of the molecule is CCCC=C(F)C(=O)O. The predicted octanol–water partition coefficient (Wildman–Crippen LogP) is 1.72. The fourth-order valence-corrected chi connectivity index (χ4v) is 0.358. The van der Waals surface area contributed by atoms with Gasteiger partial charge in [-0.05, 0) is 12.5 Å². The smallest absolute Gasteiger partial charge is 0.364 e. The zero-order valence-corrected chi connectivity index (χ0v) is 5.22. The van der Waals surface area contributed by atoms with Crippen molar-refractivity contribution in [2.45, 2.75) is 19.8 Å². The number of allylic oxidation sites excluding steroid dienone is 1. The Hall–Kier alpha value is -0.860. The van der Waals surface area contributed by atoms with Gasteiger partial charge in [0.05, 0.1) is 0 Å². The summed E-state index contributed by atoms with van der Waals surface area (Å²) in [5, 5.41) is 7.97. The molecule has 0 heterocycles. The van der Waals surface area contributed by atoms with E-state index in [9.17, 15) is 9.18 Å². The van der Waals surface area contributed by atoms with Gasteiger partial charge in [-0.1, -0.05) is 13.3 Å². The van der Waals surface area contributed by atoms with E-state index >= 15 is 0 Å². The Morgan fingerprint density at radius 3 is 2.67 bits per heavy atom. The van der Waals surface area contributed by atoms with Gasteiger partial charge in [-0.25, -0.2) is 4.79 Å². The highest BCUT2D eigenvalue weighted by molar-refractivity contribution is 5.83. The lowest BCUT2D eigenvalue weighted by Crippen LogP contribution is -1.93. The second-order valence-corrected chi connectivity index (χ2v) is 1.65.